The first-order valence-electron chi connectivity index (χ1n) is 13.6. The molecule has 3 aliphatic rings. The lowest BCUT2D eigenvalue weighted by molar-refractivity contribution is -0.113. The third kappa shape index (κ3) is 6.64. The first-order chi connectivity index (χ1) is 19.4. The molecule has 0 atom stereocenters. The van der Waals surface area contributed by atoms with E-state index < -0.39 is 0 Å². The molecule has 8 nitrogen and oxygen atoms in total. The van der Waals surface area contributed by atoms with E-state index in [1.807, 2.05) is 24.3 Å². The highest BCUT2D eigenvalue weighted by Crippen LogP contribution is 2.46. The lowest BCUT2D eigenvalue weighted by Crippen LogP contribution is -2.46. The molecule has 1 N–H and O–H groups in total. The van der Waals surface area contributed by atoms with Crippen LogP contribution in [-0.4, -0.2) is 81.4 Å². The average Bonchev–Trinajstić information content (AvgIpc) is 3.88. The summed E-state index contributed by atoms with van der Waals surface area (Å²) in [5.41, 5.74) is 3.43. The van der Waals surface area contributed by atoms with E-state index >= 15 is 0 Å². The number of piperazine rings is 1. The third-order valence-corrected chi connectivity index (χ3v) is 9.25. The molecule has 3 fully saturated rings. The van der Waals surface area contributed by atoms with Gasteiger partial charge in [0.05, 0.1) is 27.2 Å². The number of carbonyl (C=O) groups is 1. The largest absolute Gasteiger partial charge is 0.324 e. The summed E-state index contributed by atoms with van der Waals surface area (Å²) in [6.07, 6.45) is 4.70. The van der Waals surface area contributed by atoms with Crippen molar-refractivity contribution in [3.05, 3.63) is 57.6 Å². The number of nitrogens with one attached hydrogen (secondary N) is 1. The molecule has 1 amide bonds. The van der Waals surface area contributed by atoms with Crippen LogP contribution in [-0.2, 0) is 4.79 Å². The fourth-order valence-electron chi connectivity index (χ4n) is 4.91. The van der Waals surface area contributed by atoms with Gasteiger partial charge in [-0.2, -0.15) is 4.68 Å². The SMILES string of the molecule is CN1CCN(CC2(C#Cc3ccc(NC(=O)CSc4nnnn4-c4ccc(C5CC5)cc4Cl)c(Cl)c3)CC2)CC1. The van der Waals surface area contributed by atoms with Crippen molar-refractivity contribution in [3.8, 4) is 17.5 Å². The van der Waals surface area contributed by atoms with Crippen molar-refractivity contribution < 1.29 is 4.79 Å². The van der Waals surface area contributed by atoms with Crippen LogP contribution in [0.15, 0.2) is 41.6 Å². The molecule has 1 aliphatic heterocycles. The number of likely N-dealkylation sites (N-methyl/N-ethyl adjacent to an activating group) is 1. The van der Waals surface area contributed by atoms with Crippen LogP contribution >= 0.6 is 35.0 Å². The zero-order valence-corrected chi connectivity index (χ0v) is 24.7. The van der Waals surface area contributed by atoms with Crippen LogP contribution < -0.4 is 5.32 Å². The molecule has 0 bridgehead atoms. The van der Waals surface area contributed by atoms with Crippen molar-refractivity contribution in [3.63, 3.8) is 0 Å². The minimum absolute atomic E-state index is 0.103. The quantitative estimate of drug-likeness (QED) is 0.291. The molecule has 0 radical (unpaired) electrons. The second kappa shape index (κ2) is 11.7. The zero-order valence-electron chi connectivity index (χ0n) is 22.4. The minimum atomic E-state index is -0.209. The van der Waals surface area contributed by atoms with E-state index in [2.05, 4.69) is 55.6 Å². The molecule has 2 saturated carbocycles. The molecule has 2 heterocycles. The lowest BCUT2D eigenvalue weighted by atomic mass is 10.1. The Morgan fingerprint density at radius 2 is 1.90 bits per heavy atom. The Labute approximate surface area is 248 Å². The van der Waals surface area contributed by atoms with Crippen molar-refractivity contribution >= 4 is 46.6 Å². The Balaban J connectivity index is 1.04. The average molecular weight is 597 g/mol. The number of anilines is 1. The number of halogens is 2. The van der Waals surface area contributed by atoms with Gasteiger partial charge in [-0.3, -0.25) is 9.69 Å². The molecule has 0 spiro atoms. The van der Waals surface area contributed by atoms with Crippen LogP contribution in [0.25, 0.3) is 5.69 Å². The fraction of sp³-hybridized carbons (Fsp3) is 0.448. The standard InChI is InChI=1S/C29H31Cl2N7OS/c1-36-12-14-37(15-13-36)19-29(10-11-29)9-8-20-2-6-25(23(30)16-20)32-27(39)18-40-28-33-34-35-38(28)26-7-5-22(17-24(26)31)21-3-4-21/h2,5-7,16-17,21H,3-4,10-15,18-19H2,1H3,(H,32,39). The van der Waals surface area contributed by atoms with Gasteiger partial charge < -0.3 is 10.2 Å². The lowest BCUT2D eigenvalue weighted by Gasteiger charge is -2.33. The summed E-state index contributed by atoms with van der Waals surface area (Å²) in [4.78, 5) is 17.6. The number of amides is 1. The molecule has 3 aromatic rings. The number of rotatable bonds is 8. The van der Waals surface area contributed by atoms with E-state index in [0.717, 1.165) is 51.1 Å². The fourth-order valence-corrected chi connectivity index (χ4v) is 6.09. The van der Waals surface area contributed by atoms with Crippen LogP contribution in [0.2, 0.25) is 10.0 Å². The molecule has 0 unspecified atom stereocenters. The topological polar surface area (TPSA) is 79.2 Å². The van der Waals surface area contributed by atoms with Crippen molar-refractivity contribution in [2.24, 2.45) is 5.41 Å². The van der Waals surface area contributed by atoms with E-state index in [1.165, 1.54) is 30.2 Å². The summed E-state index contributed by atoms with van der Waals surface area (Å²) in [6, 6.07) is 11.5. The number of nitrogens with zero attached hydrogens (tertiary/aromatic N) is 6. The van der Waals surface area contributed by atoms with E-state index in [4.69, 9.17) is 23.2 Å². The summed E-state index contributed by atoms with van der Waals surface area (Å²) >= 11 is 14.3. The molecule has 1 saturated heterocycles. The Morgan fingerprint density at radius 1 is 1.10 bits per heavy atom. The van der Waals surface area contributed by atoms with Gasteiger partial charge in [0, 0.05) is 43.7 Å². The van der Waals surface area contributed by atoms with Gasteiger partial charge in [0.25, 0.3) is 0 Å². The van der Waals surface area contributed by atoms with Gasteiger partial charge in [-0.25, -0.2) is 0 Å². The molecule has 1 aromatic heterocycles. The highest BCUT2D eigenvalue weighted by molar-refractivity contribution is 7.99. The second-order valence-electron chi connectivity index (χ2n) is 11.0. The van der Waals surface area contributed by atoms with Gasteiger partial charge >= 0.3 is 0 Å². The molecule has 11 heteroatoms. The monoisotopic (exact) mass is 595 g/mol. The van der Waals surface area contributed by atoms with Crippen molar-refractivity contribution in [2.75, 3.05) is 50.8 Å². The number of tetrazole rings is 1. The van der Waals surface area contributed by atoms with Gasteiger partial charge in [0.15, 0.2) is 0 Å². The summed E-state index contributed by atoms with van der Waals surface area (Å²) in [5.74, 6) is 7.36. The number of hydrogen-bond acceptors (Lipinski definition) is 7. The van der Waals surface area contributed by atoms with Crippen LogP contribution in [0.3, 0.4) is 0 Å². The first-order valence-corrected chi connectivity index (χ1v) is 15.4. The maximum Gasteiger partial charge on any atom is 0.234 e. The van der Waals surface area contributed by atoms with Crippen molar-refractivity contribution in [1.82, 2.24) is 30.0 Å². The van der Waals surface area contributed by atoms with E-state index in [9.17, 15) is 4.79 Å². The molecular formula is C29H31Cl2N7OS. The van der Waals surface area contributed by atoms with Crippen LogP contribution in [0.1, 0.15) is 42.7 Å². The third-order valence-electron chi connectivity index (χ3n) is 7.71. The molecule has 208 valence electrons. The molecule has 6 rings (SSSR count). The highest BCUT2D eigenvalue weighted by atomic mass is 35.5. The van der Waals surface area contributed by atoms with Crippen molar-refractivity contribution in [2.45, 2.75) is 36.8 Å². The molecule has 2 aromatic carbocycles. The van der Waals surface area contributed by atoms with Gasteiger partial charge in [0.2, 0.25) is 11.1 Å². The summed E-state index contributed by atoms with van der Waals surface area (Å²) < 4.78 is 1.56. The maximum absolute atomic E-state index is 12.7. The molecule has 40 heavy (non-hydrogen) atoms. The predicted octanol–water partition coefficient (Wildman–Crippen LogP) is 4.96. The van der Waals surface area contributed by atoms with E-state index in [-0.39, 0.29) is 17.1 Å². The number of thioether (sulfide) groups is 1. The maximum atomic E-state index is 12.7. The van der Waals surface area contributed by atoms with E-state index in [1.54, 1.807) is 10.7 Å². The smallest absolute Gasteiger partial charge is 0.234 e. The van der Waals surface area contributed by atoms with Crippen LogP contribution in [0, 0.1) is 17.3 Å². The van der Waals surface area contributed by atoms with Gasteiger partial charge in [-0.05, 0) is 85.0 Å². The van der Waals surface area contributed by atoms with Gasteiger partial charge in [0.1, 0.15) is 0 Å². The second-order valence-corrected chi connectivity index (χ2v) is 12.8. The predicted molar refractivity (Wildman–Crippen MR) is 159 cm³/mol. The van der Waals surface area contributed by atoms with Crippen molar-refractivity contribution in [1.29, 1.82) is 0 Å². The summed E-state index contributed by atoms with van der Waals surface area (Å²) in [5, 5.41) is 16.4. The highest BCUT2D eigenvalue weighted by Gasteiger charge is 2.42. The molecule has 2 aliphatic carbocycles. The van der Waals surface area contributed by atoms with Crippen LogP contribution in [0.4, 0.5) is 5.69 Å². The number of carbonyl (C=O) groups excluding carboxylic acids is 1. The Morgan fingerprint density at radius 3 is 2.60 bits per heavy atom. The van der Waals surface area contributed by atoms with E-state index in [0.29, 0.717) is 32.5 Å². The minimum Gasteiger partial charge on any atom is -0.324 e. The Hall–Kier alpha value is -2.61. The number of benzene rings is 2. The Bertz CT molecular complexity index is 1470. The summed E-state index contributed by atoms with van der Waals surface area (Å²) in [6.45, 7) is 5.48. The first kappa shape index (κ1) is 27.6. The molecular weight excluding hydrogens is 565 g/mol. The summed E-state index contributed by atoms with van der Waals surface area (Å²) in [7, 11) is 2.18. The van der Waals surface area contributed by atoms with Gasteiger partial charge in [-0.15, -0.1) is 5.10 Å². The zero-order chi connectivity index (χ0) is 27.7. The normalized spacial score (nSPS) is 18.7. The number of hydrogen-bond donors (Lipinski definition) is 1. The number of aromatic nitrogens is 4. The Kier molecular flexibility index (Phi) is 8.07. The van der Waals surface area contributed by atoms with Crippen LogP contribution in [0.5, 0.6) is 0 Å². The van der Waals surface area contributed by atoms with Gasteiger partial charge in [-0.1, -0.05) is 52.9 Å².